The van der Waals surface area contributed by atoms with Crippen LogP contribution in [0.3, 0.4) is 0 Å². The molecule has 0 aromatic heterocycles. The summed E-state index contributed by atoms with van der Waals surface area (Å²) < 4.78 is 5.19. The molecule has 0 saturated carbocycles. The van der Waals surface area contributed by atoms with Crippen LogP contribution in [0.1, 0.15) is 39.2 Å². The van der Waals surface area contributed by atoms with Gasteiger partial charge in [0.2, 0.25) is 0 Å². The largest absolute Gasteiger partial charge is 0.383 e. The van der Waals surface area contributed by atoms with Crippen molar-refractivity contribution in [3.05, 3.63) is 35.9 Å². The van der Waals surface area contributed by atoms with Gasteiger partial charge in [0.1, 0.15) is 0 Å². The molecule has 5 nitrogen and oxygen atoms in total. The number of rotatable bonds is 9. The Balaban J connectivity index is 0.00000392. The number of benzene rings is 1. The lowest BCUT2D eigenvalue weighted by Crippen LogP contribution is -2.49. The molecule has 0 spiro atoms. The molecule has 160 valence electrons. The van der Waals surface area contributed by atoms with Gasteiger partial charge >= 0.3 is 0 Å². The van der Waals surface area contributed by atoms with Gasteiger partial charge in [0.25, 0.3) is 0 Å². The predicted octanol–water partition coefficient (Wildman–Crippen LogP) is 3.54. The summed E-state index contributed by atoms with van der Waals surface area (Å²) in [7, 11) is 1.77. The van der Waals surface area contributed by atoms with E-state index in [9.17, 15) is 0 Å². The van der Waals surface area contributed by atoms with Gasteiger partial charge in [-0.1, -0.05) is 44.2 Å². The minimum atomic E-state index is 0. The molecule has 28 heavy (non-hydrogen) atoms. The van der Waals surface area contributed by atoms with E-state index in [-0.39, 0.29) is 29.4 Å². The zero-order chi connectivity index (χ0) is 19.5. The molecule has 1 aromatic rings. The number of hydrogen-bond donors (Lipinski definition) is 2. The molecular weight excluding hydrogens is 463 g/mol. The second-order valence-corrected chi connectivity index (χ2v) is 8.27. The van der Waals surface area contributed by atoms with Gasteiger partial charge in [-0.2, -0.15) is 0 Å². The highest BCUT2D eigenvalue weighted by Gasteiger charge is 2.21. The summed E-state index contributed by atoms with van der Waals surface area (Å²) in [5.41, 5.74) is 1.51. The SMILES string of the molecule is CCNC(=NCC(C)(C)Cc1ccccc1)NC1CCN(CCOC)CC1.I. The van der Waals surface area contributed by atoms with Crippen molar-refractivity contribution in [3.8, 4) is 0 Å². The van der Waals surface area contributed by atoms with Crippen LogP contribution in [0.4, 0.5) is 0 Å². The Morgan fingerprint density at radius 1 is 1.21 bits per heavy atom. The van der Waals surface area contributed by atoms with Crippen molar-refractivity contribution in [2.24, 2.45) is 10.4 Å². The average molecular weight is 502 g/mol. The molecule has 1 aliphatic heterocycles. The van der Waals surface area contributed by atoms with Crippen LogP contribution in [0, 0.1) is 5.41 Å². The first-order valence-electron chi connectivity index (χ1n) is 10.3. The third kappa shape index (κ3) is 9.56. The number of ether oxygens (including phenoxy) is 1. The maximum Gasteiger partial charge on any atom is 0.191 e. The lowest BCUT2D eigenvalue weighted by atomic mass is 9.86. The van der Waals surface area contributed by atoms with Gasteiger partial charge in [-0.25, -0.2) is 0 Å². The summed E-state index contributed by atoms with van der Waals surface area (Å²) in [5.74, 6) is 0.953. The number of guanidine groups is 1. The van der Waals surface area contributed by atoms with Crippen LogP contribution in [0.2, 0.25) is 0 Å². The highest BCUT2D eigenvalue weighted by Crippen LogP contribution is 2.22. The van der Waals surface area contributed by atoms with E-state index in [2.05, 4.69) is 66.6 Å². The highest BCUT2D eigenvalue weighted by atomic mass is 127. The van der Waals surface area contributed by atoms with E-state index in [1.807, 2.05) is 0 Å². The summed E-state index contributed by atoms with van der Waals surface area (Å²) in [6.45, 7) is 12.5. The number of methoxy groups -OCH3 is 1. The molecule has 1 saturated heterocycles. The first-order valence-corrected chi connectivity index (χ1v) is 10.3. The van der Waals surface area contributed by atoms with E-state index < -0.39 is 0 Å². The van der Waals surface area contributed by atoms with Crippen LogP contribution in [0.15, 0.2) is 35.3 Å². The van der Waals surface area contributed by atoms with Crippen LogP contribution in [-0.2, 0) is 11.2 Å². The maximum absolute atomic E-state index is 5.19. The van der Waals surface area contributed by atoms with E-state index in [0.717, 1.165) is 64.6 Å². The second-order valence-electron chi connectivity index (χ2n) is 8.27. The smallest absolute Gasteiger partial charge is 0.191 e. The van der Waals surface area contributed by atoms with Crippen molar-refractivity contribution < 1.29 is 4.74 Å². The number of nitrogens with zero attached hydrogens (tertiary/aromatic N) is 2. The van der Waals surface area contributed by atoms with E-state index in [1.54, 1.807) is 7.11 Å². The van der Waals surface area contributed by atoms with E-state index in [0.29, 0.717) is 6.04 Å². The Bertz CT molecular complexity index is 557. The minimum absolute atomic E-state index is 0. The molecule has 0 bridgehead atoms. The van der Waals surface area contributed by atoms with Crippen molar-refractivity contribution in [1.82, 2.24) is 15.5 Å². The molecule has 1 aromatic carbocycles. The molecule has 0 unspecified atom stereocenters. The first-order chi connectivity index (χ1) is 13.0. The van der Waals surface area contributed by atoms with Crippen LogP contribution in [-0.4, -0.2) is 63.3 Å². The van der Waals surface area contributed by atoms with Crippen molar-refractivity contribution in [1.29, 1.82) is 0 Å². The molecule has 1 aliphatic rings. The highest BCUT2D eigenvalue weighted by molar-refractivity contribution is 14.0. The van der Waals surface area contributed by atoms with Crippen molar-refractivity contribution in [2.75, 3.05) is 46.4 Å². The molecule has 6 heteroatoms. The zero-order valence-corrected chi connectivity index (χ0v) is 20.4. The number of likely N-dealkylation sites (tertiary alicyclic amines) is 1. The van der Waals surface area contributed by atoms with Gasteiger partial charge < -0.3 is 20.3 Å². The fraction of sp³-hybridized carbons (Fsp3) is 0.682. The Morgan fingerprint density at radius 2 is 1.89 bits per heavy atom. The van der Waals surface area contributed by atoms with Gasteiger partial charge in [0, 0.05) is 45.9 Å². The van der Waals surface area contributed by atoms with E-state index in [4.69, 9.17) is 9.73 Å². The number of aliphatic imine (C=N–C) groups is 1. The molecule has 1 fully saturated rings. The van der Waals surface area contributed by atoms with Crippen LogP contribution >= 0.6 is 24.0 Å². The quantitative estimate of drug-likeness (QED) is 0.308. The Hall–Kier alpha value is -0.860. The molecule has 0 atom stereocenters. The normalized spacial score (nSPS) is 16.5. The molecular formula is C22H39IN4O. The minimum Gasteiger partial charge on any atom is -0.383 e. The number of hydrogen-bond acceptors (Lipinski definition) is 3. The molecule has 1 heterocycles. The first kappa shape index (κ1) is 25.2. The van der Waals surface area contributed by atoms with Gasteiger partial charge in [-0.15, -0.1) is 24.0 Å². The lowest BCUT2D eigenvalue weighted by Gasteiger charge is -2.33. The van der Waals surface area contributed by atoms with Crippen molar-refractivity contribution >= 4 is 29.9 Å². The van der Waals surface area contributed by atoms with Gasteiger partial charge in [0.05, 0.1) is 6.61 Å². The van der Waals surface area contributed by atoms with Gasteiger partial charge in [0.15, 0.2) is 5.96 Å². The topological polar surface area (TPSA) is 48.9 Å². The molecule has 2 N–H and O–H groups in total. The summed E-state index contributed by atoms with van der Waals surface area (Å²) in [5, 5.41) is 7.07. The third-order valence-electron chi connectivity index (χ3n) is 5.07. The lowest BCUT2D eigenvalue weighted by molar-refractivity contribution is 0.128. The molecule has 0 amide bonds. The molecule has 0 radical (unpaired) electrons. The third-order valence-corrected chi connectivity index (χ3v) is 5.07. The number of halogens is 1. The molecule has 0 aliphatic carbocycles. The molecule has 2 rings (SSSR count). The number of piperidine rings is 1. The van der Waals surface area contributed by atoms with E-state index >= 15 is 0 Å². The van der Waals surface area contributed by atoms with Gasteiger partial charge in [-0.3, -0.25) is 4.99 Å². The Kier molecular flexibility index (Phi) is 12.0. The Morgan fingerprint density at radius 3 is 2.50 bits per heavy atom. The van der Waals surface area contributed by atoms with Crippen molar-refractivity contribution in [3.63, 3.8) is 0 Å². The van der Waals surface area contributed by atoms with Crippen LogP contribution in [0.5, 0.6) is 0 Å². The fourth-order valence-corrected chi connectivity index (χ4v) is 3.53. The standard InChI is InChI=1S/C22H38N4O.HI/c1-5-23-21(25-20-11-13-26(14-12-20)15-16-27-4)24-18-22(2,3)17-19-9-7-6-8-10-19;/h6-10,20H,5,11-18H2,1-4H3,(H2,23,24,25);1H. The van der Waals surface area contributed by atoms with E-state index in [1.165, 1.54) is 5.56 Å². The second kappa shape index (κ2) is 13.4. The average Bonchev–Trinajstić information content (AvgIpc) is 2.66. The number of nitrogens with one attached hydrogen (secondary N) is 2. The van der Waals surface area contributed by atoms with Crippen LogP contribution in [0.25, 0.3) is 0 Å². The maximum atomic E-state index is 5.19. The fourth-order valence-electron chi connectivity index (χ4n) is 3.53. The predicted molar refractivity (Wildman–Crippen MR) is 130 cm³/mol. The van der Waals surface area contributed by atoms with Crippen molar-refractivity contribution in [2.45, 2.75) is 46.1 Å². The summed E-state index contributed by atoms with van der Waals surface area (Å²) in [6, 6.07) is 11.2. The van der Waals surface area contributed by atoms with Crippen LogP contribution < -0.4 is 10.6 Å². The van der Waals surface area contributed by atoms with Gasteiger partial charge in [-0.05, 0) is 37.2 Å². The zero-order valence-electron chi connectivity index (χ0n) is 18.0. The summed E-state index contributed by atoms with van der Waals surface area (Å²) in [4.78, 5) is 7.39. The summed E-state index contributed by atoms with van der Waals surface area (Å²) in [6.07, 6.45) is 3.34. The Labute approximate surface area is 188 Å². The summed E-state index contributed by atoms with van der Waals surface area (Å²) >= 11 is 0. The monoisotopic (exact) mass is 502 g/mol.